The molecule has 6 heteroatoms. The first kappa shape index (κ1) is 20.7. The molecule has 0 aliphatic rings. The maximum Gasteiger partial charge on any atom is 0.340 e. The predicted molar refractivity (Wildman–Crippen MR) is 99.0 cm³/mol. The Morgan fingerprint density at radius 2 is 1.72 bits per heavy atom. The van der Waals surface area contributed by atoms with Crippen LogP contribution in [0.25, 0.3) is 0 Å². The molecule has 25 heavy (non-hydrogen) atoms. The Morgan fingerprint density at radius 1 is 1.12 bits per heavy atom. The van der Waals surface area contributed by atoms with Gasteiger partial charge in [0.05, 0.1) is 16.9 Å². The van der Waals surface area contributed by atoms with Gasteiger partial charge in [0, 0.05) is 26.9 Å². The first-order valence-electron chi connectivity index (χ1n) is 8.44. The first-order valence-corrected chi connectivity index (χ1v) is 8.44. The van der Waals surface area contributed by atoms with Gasteiger partial charge in [0.25, 0.3) is 0 Å². The second-order valence-electron chi connectivity index (χ2n) is 6.74. The number of carbonyl (C=O) groups excluding carboxylic acids is 3. The van der Waals surface area contributed by atoms with Gasteiger partial charge < -0.3 is 14.5 Å². The highest BCUT2D eigenvalue weighted by Gasteiger charge is 2.27. The molecule has 0 unspecified atom stereocenters. The quantitative estimate of drug-likeness (QED) is 0.765. The number of nitrogens with zero attached hydrogens (tertiary/aromatic N) is 2. The van der Waals surface area contributed by atoms with E-state index in [0.29, 0.717) is 24.3 Å². The van der Waals surface area contributed by atoms with E-state index in [1.807, 2.05) is 6.92 Å². The Labute approximate surface area is 149 Å². The molecule has 138 valence electrons. The van der Waals surface area contributed by atoms with Gasteiger partial charge in [0.15, 0.2) is 0 Å². The Bertz CT molecular complexity index is 662. The number of ether oxygens (including phenoxy) is 1. The van der Waals surface area contributed by atoms with Crippen LogP contribution in [0.4, 0.5) is 11.4 Å². The lowest BCUT2D eigenvalue weighted by Crippen LogP contribution is -2.34. The van der Waals surface area contributed by atoms with E-state index < -0.39 is 11.6 Å². The van der Waals surface area contributed by atoms with E-state index in [1.54, 1.807) is 57.8 Å². The number of benzene rings is 1. The van der Waals surface area contributed by atoms with Gasteiger partial charge in [0.1, 0.15) is 5.60 Å². The molecule has 0 spiro atoms. The molecule has 0 fully saturated rings. The second-order valence-corrected chi connectivity index (χ2v) is 6.74. The van der Waals surface area contributed by atoms with E-state index >= 15 is 0 Å². The molecule has 0 saturated carbocycles. The molecule has 0 radical (unpaired) electrons. The van der Waals surface area contributed by atoms with E-state index in [0.717, 1.165) is 0 Å². The third kappa shape index (κ3) is 5.05. The highest BCUT2D eigenvalue weighted by Crippen LogP contribution is 2.34. The van der Waals surface area contributed by atoms with E-state index in [-0.39, 0.29) is 17.4 Å². The van der Waals surface area contributed by atoms with Gasteiger partial charge in [-0.1, -0.05) is 13.0 Å². The van der Waals surface area contributed by atoms with E-state index in [2.05, 4.69) is 0 Å². The lowest BCUT2D eigenvalue weighted by molar-refractivity contribution is -0.118. The molecule has 2 amide bonds. The monoisotopic (exact) mass is 348 g/mol. The SMILES string of the molecule is CCC(=O)N(CC)c1cccc(C(=O)OC(C)(C)C)c1N(C)C(C)=O. The summed E-state index contributed by atoms with van der Waals surface area (Å²) >= 11 is 0. The Morgan fingerprint density at radius 3 is 2.16 bits per heavy atom. The molecule has 0 aliphatic carbocycles. The van der Waals surface area contributed by atoms with Crippen LogP contribution < -0.4 is 9.80 Å². The van der Waals surface area contributed by atoms with Crippen molar-refractivity contribution in [3.63, 3.8) is 0 Å². The molecule has 1 aromatic rings. The van der Waals surface area contributed by atoms with Crippen molar-refractivity contribution >= 4 is 29.2 Å². The summed E-state index contributed by atoms with van der Waals surface area (Å²) in [5.74, 6) is -0.850. The average Bonchev–Trinajstić information content (AvgIpc) is 2.52. The maximum absolute atomic E-state index is 12.6. The Kier molecular flexibility index (Phi) is 6.73. The molecule has 1 rings (SSSR count). The topological polar surface area (TPSA) is 66.9 Å². The zero-order chi connectivity index (χ0) is 19.4. The van der Waals surface area contributed by atoms with Gasteiger partial charge >= 0.3 is 5.97 Å². The largest absolute Gasteiger partial charge is 0.456 e. The van der Waals surface area contributed by atoms with E-state index in [4.69, 9.17) is 4.74 Å². The second kappa shape index (κ2) is 8.14. The van der Waals surface area contributed by atoms with Crippen molar-refractivity contribution in [3.05, 3.63) is 23.8 Å². The minimum Gasteiger partial charge on any atom is -0.456 e. The van der Waals surface area contributed by atoms with Crippen LogP contribution in [-0.2, 0) is 14.3 Å². The number of hydrogen-bond acceptors (Lipinski definition) is 4. The summed E-state index contributed by atoms with van der Waals surface area (Å²) in [7, 11) is 1.58. The van der Waals surface area contributed by atoms with Crippen molar-refractivity contribution in [2.24, 2.45) is 0 Å². The Balaban J connectivity index is 3.58. The molecule has 6 nitrogen and oxygen atoms in total. The molecular weight excluding hydrogens is 320 g/mol. The van der Waals surface area contributed by atoms with Crippen LogP contribution in [0.5, 0.6) is 0 Å². The minimum atomic E-state index is -0.664. The van der Waals surface area contributed by atoms with Crippen LogP contribution in [-0.4, -0.2) is 37.0 Å². The molecular formula is C19H28N2O4. The van der Waals surface area contributed by atoms with Crippen molar-refractivity contribution in [1.29, 1.82) is 0 Å². The fraction of sp³-hybridized carbons (Fsp3) is 0.526. The predicted octanol–water partition coefficient (Wildman–Crippen LogP) is 3.39. The summed E-state index contributed by atoms with van der Waals surface area (Å²) in [6, 6.07) is 5.04. The average molecular weight is 348 g/mol. The van der Waals surface area contributed by atoms with Crippen molar-refractivity contribution in [3.8, 4) is 0 Å². The van der Waals surface area contributed by atoms with Gasteiger partial charge in [-0.15, -0.1) is 0 Å². The summed E-state index contributed by atoms with van der Waals surface area (Å²) in [6.07, 6.45) is 0.327. The normalized spacial score (nSPS) is 11.0. The summed E-state index contributed by atoms with van der Waals surface area (Å²) in [4.78, 5) is 39.9. The molecule has 0 saturated heterocycles. The number of anilines is 2. The van der Waals surface area contributed by atoms with Gasteiger partial charge in [0.2, 0.25) is 11.8 Å². The van der Waals surface area contributed by atoms with Crippen molar-refractivity contribution < 1.29 is 19.1 Å². The minimum absolute atomic E-state index is 0.0814. The smallest absolute Gasteiger partial charge is 0.340 e. The van der Waals surface area contributed by atoms with Gasteiger partial charge in [-0.25, -0.2) is 4.79 Å². The number of amides is 2. The molecule has 0 bridgehead atoms. The standard InChI is InChI=1S/C19H28N2O4/c1-8-16(23)21(9-2)15-12-10-11-14(17(15)20(7)13(3)22)18(24)25-19(4,5)6/h10-12H,8-9H2,1-7H3. The number of esters is 1. The lowest BCUT2D eigenvalue weighted by Gasteiger charge is -2.29. The van der Waals surface area contributed by atoms with Crippen molar-refractivity contribution in [2.75, 3.05) is 23.4 Å². The van der Waals surface area contributed by atoms with Gasteiger partial charge in [-0.2, -0.15) is 0 Å². The number of rotatable bonds is 5. The van der Waals surface area contributed by atoms with Crippen LogP contribution in [0.15, 0.2) is 18.2 Å². The third-order valence-corrected chi connectivity index (χ3v) is 3.65. The highest BCUT2D eigenvalue weighted by atomic mass is 16.6. The summed E-state index contributed by atoms with van der Waals surface area (Å²) in [5.41, 5.74) is 0.499. The summed E-state index contributed by atoms with van der Waals surface area (Å²) in [5, 5.41) is 0. The van der Waals surface area contributed by atoms with Crippen LogP contribution in [0, 0.1) is 0 Å². The van der Waals surface area contributed by atoms with Gasteiger partial charge in [-0.3, -0.25) is 9.59 Å². The fourth-order valence-corrected chi connectivity index (χ4v) is 2.43. The molecule has 0 aliphatic heterocycles. The zero-order valence-electron chi connectivity index (χ0n) is 16.2. The summed E-state index contributed by atoms with van der Waals surface area (Å²) < 4.78 is 5.47. The highest BCUT2D eigenvalue weighted by molar-refractivity contribution is 6.08. The fourth-order valence-electron chi connectivity index (χ4n) is 2.43. The van der Waals surface area contributed by atoms with E-state index in [1.165, 1.54) is 11.8 Å². The van der Waals surface area contributed by atoms with Crippen LogP contribution in [0.2, 0.25) is 0 Å². The van der Waals surface area contributed by atoms with Gasteiger partial charge in [-0.05, 0) is 39.8 Å². The summed E-state index contributed by atoms with van der Waals surface area (Å²) in [6.45, 7) is 10.8. The maximum atomic E-state index is 12.6. The lowest BCUT2D eigenvalue weighted by atomic mass is 10.1. The first-order chi connectivity index (χ1) is 11.5. The van der Waals surface area contributed by atoms with Crippen LogP contribution in [0.1, 0.15) is 58.3 Å². The van der Waals surface area contributed by atoms with E-state index in [9.17, 15) is 14.4 Å². The molecule has 1 aromatic carbocycles. The van der Waals surface area contributed by atoms with Crippen molar-refractivity contribution in [2.45, 2.75) is 53.6 Å². The van der Waals surface area contributed by atoms with Crippen LogP contribution in [0.3, 0.4) is 0 Å². The molecule has 0 N–H and O–H groups in total. The van der Waals surface area contributed by atoms with Crippen LogP contribution >= 0.6 is 0 Å². The molecule has 0 aromatic heterocycles. The third-order valence-electron chi connectivity index (χ3n) is 3.65. The number of carbonyl (C=O) groups is 3. The number of para-hydroxylation sites is 1. The molecule has 0 heterocycles. The zero-order valence-corrected chi connectivity index (χ0v) is 16.2. The number of hydrogen-bond donors (Lipinski definition) is 0. The van der Waals surface area contributed by atoms with Crippen molar-refractivity contribution in [1.82, 2.24) is 0 Å². The molecule has 0 atom stereocenters. The Hall–Kier alpha value is -2.37.